The fraction of sp³-hybridized carbons (Fsp3) is 0.286. The molecule has 0 atom stereocenters. The summed E-state index contributed by atoms with van der Waals surface area (Å²) in [6.45, 7) is 3.73. The van der Waals surface area contributed by atoms with Crippen molar-refractivity contribution in [3.05, 3.63) is 41.2 Å². The summed E-state index contributed by atoms with van der Waals surface area (Å²) < 4.78 is 43.7. The zero-order valence-corrected chi connectivity index (χ0v) is 11.7. The Morgan fingerprint density at radius 2 is 1.81 bits per heavy atom. The number of hydrogen-bond donors (Lipinski definition) is 1. The lowest BCUT2D eigenvalue weighted by Crippen LogP contribution is -2.13. The topological polar surface area (TPSA) is 47.0 Å². The van der Waals surface area contributed by atoms with Crippen molar-refractivity contribution < 1.29 is 17.9 Å². The highest BCUT2D eigenvalue weighted by Gasteiger charge is 2.35. The number of halogens is 3. The average molecular weight is 297 g/mol. The summed E-state index contributed by atoms with van der Waals surface area (Å²) in [5.74, 6) is -0.908. The minimum Gasteiger partial charge on any atom is -0.439 e. The maximum atomic E-state index is 12.7. The van der Waals surface area contributed by atoms with E-state index in [4.69, 9.17) is 4.74 Å². The summed E-state index contributed by atoms with van der Waals surface area (Å²) >= 11 is 0. The molecule has 0 aliphatic heterocycles. The molecule has 7 heteroatoms. The predicted octanol–water partition coefficient (Wildman–Crippen LogP) is 3.95. The first-order chi connectivity index (χ1) is 9.79. The smallest absolute Gasteiger partial charge is 0.439 e. The van der Waals surface area contributed by atoms with Crippen LogP contribution in [0.5, 0.6) is 11.6 Å². The molecule has 21 heavy (non-hydrogen) atoms. The Bertz CT molecular complexity index is 656. The average Bonchev–Trinajstić information content (AvgIpc) is 2.40. The molecule has 1 aromatic heterocycles. The van der Waals surface area contributed by atoms with E-state index in [-0.39, 0.29) is 11.7 Å². The van der Waals surface area contributed by atoms with Gasteiger partial charge in [-0.15, -0.1) is 0 Å². The first-order valence-electron chi connectivity index (χ1n) is 6.19. The molecule has 0 unspecified atom stereocenters. The second-order valence-corrected chi connectivity index (χ2v) is 4.53. The van der Waals surface area contributed by atoms with Crippen LogP contribution in [0.3, 0.4) is 0 Å². The number of aromatic nitrogens is 2. The van der Waals surface area contributed by atoms with Gasteiger partial charge in [0.05, 0.1) is 0 Å². The maximum absolute atomic E-state index is 12.7. The largest absolute Gasteiger partial charge is 0.451 e. The number of rotatable bonds is 3. The van der Waals surface area contributed by atoms with Gasteiger partial charge < -0.3 is 10.1 Å². The van der Waals surface area contributed by atoms with Gasteiger partial charge in [0.1, 0.15) is 11.6 Å². The highest BCUT2D eigenvalue weighted by atomic mass is 19.4. The first kappa shape index (κ1) is 15.1. The molecule has 1 N–H and O–H groups in total. The summed E-state index contributed by atoms with van der Waals surface area (Å²) in [6, 6.07) is 6.70. The molecular weight excluding hydrogens is 283 g/mol. The third kappa shape index (κ3) is 3.62. The van der Waals surface area contributed by atoms with Gasteiger partial charge in [0.25, 0.3) is 0 Å². The van der Waals surface area contributed by atoms with Crippen LogP contribution >= 0.6 is 0 Å². The Morgan fingerprint density at radius 1 is 1.10 bits per heavy atom. The van der Waals surface area contributed by atoms with E-state index in [1.807, 2.05) is 26.0 Å². The van der Waals surface area contributed by atoms with E-state index < -0.39 is 12.0 Å². The number of hydrogen-bond acceptors (Lipinski definition) is 4. The quantitative estimate of drug-likeness (QED) is 0.932. The Kier molecular flexibility index (Phi) is 4.02. The van der Waals surface area contributed by atoms with Gasteiger partial charge in [-0.25, -0.2) is 4.98 Å². The molecule has 0 aliphatic rings. The number of benzene rings is 1. The van der Waals surface area contributed by atoms with Crippen molar-refractivity contribution in [1.82, 2.24) is 9.97 Å². The third-order valence-corrected chi connectivity index (χ3v) is 2.76. The van der Waals surface area contributed by atoms with Crippen LogP contribution in [-0.4, -0.2) is 17.0 Å². The van der Waals surface area contributed by atoms with Crippen LogP contribution in [0, 0.1) is 13.8 Å². The summed E-state index contributed by atoms with van der Waals surface area (Å²) in [5, 5.41) is 2.56. The molecule has 0 saturated heterocycles. The first-order valence-corrected chi connectivity index (χ1v) is 6.19. The zero-order chi connectivity index (χ0) is 15.6. The molecular formula is C14H14F3N3O. The molecule has 112 valence electrons. The number of aryl methyl sites for hydroxylation is 2. The number of anilines is 1. The molecule has 0 spiro atoms. The molecule has 0 radical (unpaired) electrons. The van der Waals surface area contributed by atoms with E-state index in [9.17, 15) is 13.2 Å². The Morgan fingerprint density at radius 3 is 2.38 bits per heavy atom. The fourth-order valence-electron chi connectivity index (χ4n) is 1.76. The van der Waals surface area contributed by atoms with E-state index in [1.165, 1.54) is 13.1 Å². The molecule has 1 aromatic carbocycles. The monoisotopic (exact) mass is 297 g/mol. The normalized spacial score (nSPS) is 11.3. The fourth-order valence-corrected chi connectivity index (χ4v) is 1.76. The van der Waals surface area contributed by atoms with Crippen molar-refractivity contribution >= 4 is 5.82 Å². The van der Waals surface area contributed by atoms with Crippen molar-refractivity contribution in [3.8, 4) is 11.6 Å². The van der Waals surface area contributed by atoms with Gasteiger partial charge in [-0.1, -0.05) is 17.7 Å². The molecule has 2 rings (SSSR count). The minimum atomic E-state index is -4.63. The van der Waals surface area contributed by atoms with E-state index in [0.29, 0.717) is 5.75 Å². The summed E-state index contributed by atoms with van der Waals surface area (Å²) in [4.78, 5) is 6.79. The highest BCUT2D eigenvalue weighted by Crippen LogP contribution is 2.31. The van der Waals surface area contributed by atoms with Gasteiger partial charge in [-0.05, 0) is 25.5 Å². The highest BCUT2D eigenvalue weighted by molar-refractivity contribution is 5.42. The van der Waals surface area contributed by atoms with Crippen LogP contribution in [0.1, 0.15) is 17.0 Å². The number of nitrogens with zero attached hydrogens (tertiary/aromatic N) is 2. The van der Waals surface area contributed by atoms with Crippen LogP contribution in [0.15, 0.2) is 24.3 Å². The molecule has 0 aliphatic carbocycles. The molecule has 0 bridgehead atoms. The lowest BCUT2D eigenvalue weighted by molar-refractivity contribution is -0.145. The predicted molar refractivity (Wildman–Crippen MR) is 72.6 cm³/mol. The Balaban J connectivity index is 2.39. The summed E-state index contributed by atoms with van der Waals surface area (Å²) in [6.07, 6.45) is -4.63. The van der Waals surface area contributed by atoms with Crippen LogP contribution < -0.4 is 10.1 Å². The minimum absolute atomic E-state index is 0.0390. The second kappa shape index (κ2) is 5.59. The number of alkyl halides is 3. The lowest BCUT2D eigenvalue weighted by atomic mass is 10.1. The number of nitrogens with one attached hydrogen (secondary N) is 1. The lowest BCUT2D eigenvalue weighted by Gasteiger charge is -2.12. The Hall–Kier alpha value is -2.31. The molecule has 4 nitrogen and oxygen atoms in total. The second-order valence-electron chi connectivity index (χ2n) is 4.53. The van der Waals surface area contributed by atoms with Crippen LogP contribution in [-0.2, 0) is 6.18 Å². The van der Waals surface area contributed by atoms with Gasteiger partial charge in [-0.3, -0.25) is 0 Å². The molecule has 1 heterocycles. The SMILES string of the molecule is CNc1cc(Oc2ccc(C)cc2C)nc(C(F)(F)F)n1. The van der Waals surface area contributed by atoms with Gasteiger partial charge in [0.2, 0.25) is 11.7 Å². The van der Waals surface area contributed by atoms with Crippen LogP contribution in [0.25, 0.3) is 0 Å². The zero-order valence-electron chi connectivity index (χ0n) is 11.7. The van der Waals surface area contributed by atoms with Gasteiger partial charge >= 0.3 is 6.18 Å². The van der Waals surface area contributed by atoms with Crippen molar-refractivity contribution in [3.63, 3.8) is 0 Å². The van der Waals surface area contributed by atoms with Gasteiger partial charge in [0.15, 0.2) is 0 Å². The van der Waals surface area contributed by atoms with Crippen molar-refractivity contribution in [2.45, 2.75) is 20.0 Å². The van der Waals surface area contributed by atoms with E-state index in [0.717, 1.165) is 11.1 Å². The standard InChI is InChI=1S/C14H14F3N3O/c1-8-4-5-10(9(2)6-8)21-12-7-11(18-3)19-13(20-12)14(15,16)17/h4-7H,1-3H3,(H,18,19,20). The molecule has 2 aromatic rings. The van der Waals surface area contributed by atoms with Gasteiger partial charge in [-0.2, -0.15) is 18.2 Å². The van der Waals surface area contributed by atoms with Crippen molar-refractivity contribution in [2.75, 3.05) is 12.4 Å². The molecule has 0 fully saturated rings. The maximum Gasteiger partial charge on any atom is 0.451 e. The molecule has 0 saturated carbocycles. The van der Waals surface area contributed by atoms with E-state index >= 15 is 0 Å². The number of ether oxygens (including phenoxy) is 1. The molecule has 0 amide bonds. The Labute approximate surface area is 120 Å². The van der Waals surface area contributed by atoms with Crippen LogP contribution in [0.2, 0.25) is 0 Å². The van der Waals surface area contributed by atoms with Gasteiger partial charge in [0, 0.05) is 13.1 Å². The van der Waals surface area contributed by atoms with Crippen LogP contribution in [0.4, 0.5) is 19.0 Å². The summed E-state index contributed by atoms with van der Waals surface area (Å²) in [5.41, 5.74) is 1.85. The van der Waals surface area contributed by atoms with Crippen molar-refractivity contribution in [1.29, 1.82) is 0 Å². The summed E-state index contributed by atoms with van der Waals surface area (Å²) in [7, 11) is 1.48. The van der Waals surface area contributed by atoms with E-state index in [1.54, 1.807) is 6.07 Å². The van der Waals surface area contributed by atoms with E-state index in [2.05, 4.69) is 15.3 Å². The van der Waals surface area contributed by atoms with Crippen molar-refractivity contribution in [2.24, 2.45) is 0 Å². The third-order valence-electron chi connectivity index (χ3n) is 2.76.